The number of piperidine rings is 1. The third-order valence-corrected chi connectivity index (χ3v) is 12.0. The average molecular weight is 746 g/mol. The van der Waals surface area contributed by atoms with Gasteiger partial charge in [0.15, 0.2) is 0 Å². The summed E-state index contributed by atoms with van der Waals surface area (Å²) in [6.45, 7) is 1.50. The van der Waals surface area contributed by atoms with E-state index in [1.807, 2.05) is 54.6 Å². The van der Waals surface area contributed by atoms with Crippen molar-refractivity contribution in [2.75, 3.05) is 31.2 Å². The van der Waals surface area contributed by atoms with E-state index in [1.165, 1.54) is 6.42 Å². The minimum Gasteiger partial charge on any atom is -0.352 e. The zero-order chi connectivity index (χ0) is 36.2. The second-order valence-electron chi connectivity index (χ2n) is 14.6. The van der Waals surface area contributed by atoms with E-state index in [4.69, 9.17) is 23.2 Å². The number of carbonyl (C=O) groups excluding carboxylic acids is 4. The number of anilines is 1. The van der Waals surface area contributed by atoms with Crippen LogP contribution in [0.1, 0.15) is 61.6 Å². The van der Waals surface area contributed by atoms with E-state index in [2.05, 4.69) is 26.9 Å². The Kier molecular flexibility index (Phi) is 11.1. The first kappa shape index (κ1) is 36.2. The molecule has 3 heterocycles. The van der Waals surface area contributed by atoms with Crippen molar-refractivity contribution in [3.8, 4) is 0 Å². The molecule has 3 aromatic rings. The number of hydrogen-bond acceptors (Lipinski definition) is 6. The van der Waals surface area contributed by atoms with Gasteiger partial charge in [-0.05, 0) is 73.1 Å². The molecule has 52 heavy (non-hydrogen) atoms. The van der Waals surface area contributed by atoms with Crippen molar-refractivity contribution in [2.24, 2.45) is 0 Å². The molecule has 3 aliphatic heterocycles. The Labute approximate surface area is 315 Å². The fourth-order valence-electron chi connectivity index (χ4n) is 8.35. The van der Waals surface area contributed by atoms with Gasteiger partial charge in [0, 0.05) is 37.8 Å². The number of halogens is 2. The molecule has 4 aliphatic rings. The van der Waals surface area contributed by atoms with Crippen LogP contribution in [-0.2, 0) is 38.6 Å². The molecule has 3 fully saturated rings. The van der Waals surface area contributed by atoms with Crippen LogP contribution in [0.2, 0.25) is 10.0 Å². The van der Waals surface area contributed by atoms with Crippen molar-refractivity contribution >= 4 is 52.5 Å². The standard InChI is InChI=1S/C40H46Cl2N6O4/c41-32-16-15-27(21-33(32)42)22-35(45-37(50)34-23-28-9-7-8-10-29(28)24-43-34)38(51)46-19-17-40(18-20-46)39(52)47(26-48(40)31-13-5-2-6-14-31)25-36(49)44-30-11-3-1-4-12-30/h2,5-10,13-16,21,30,34-35,43H,1,3-4,11-12,17-20,22-26H2,(H,44,49)(H,45,50). The normalized spacial score (nSPS) is 20.8. The van der Waals surface area contributed by atoms with Crippen LogP contribution in [0.25, 0.3) is 0 Å². The predicted octanol–water partition coefficient (Wildman–Crippen LogP) is 4.85. The zero-order valence-electron chi connectivity index (χ0n) is 29.3. The van der Waals surface area contributed by atoms with Crippen LogP contribution in [-0.4, -0.2) is 83.4 Å². The van der Waals surface area contributed by atoms with Gasteiger partial charge >= 0.3 is 0 Å². The van der Waals surface area contributed by atoms with Gasteiger partial charge in [-0.1, -0.05) is 91.0 Å². The average Bonchev–Trinajstić information content (AvgIpc) is 3.42. The molecule has 274 valence electrons. The van der Waals surface area contributed by atoms with E-state index in [1.54, 1.807) is 21.9 Å². The molecule has 3 aromatic carbocycles. The highest BCUT2D eigenvalue weighted by Gasteiger charge is 2.54. The molecule has 2 atom stereocenters. The Morgan fingerprint density at radius 1 is 0.885 bits per heavy atom. The molecule has 1 spiro atoms. The summed E-state index contributed by atoms with van der Waals surface area (Å²) in [5.41, 5.74) is 3.04. The highest BCUT2D eigenvalue weighted by atomic mass is 35.5. The maximum atomic E-state index is 14.4. The first-order valence-corrected chi connectivity index (χ1v) is 19.2. The monoisotopic (exact) mass is 744 g/mol. The molecule has 1 saturated carbocycles. The van der Waals surface area contributed by atoms with E-state index in [-0.39, 0.29) is 42.6 Å². The Bertz CT molecular complexity index is 1790. The molecular formula is C40H46Cl2N6O4. The van der Waals surface area contributed by atoms with E-state index >= 15 is 0 Å². The van der Waals surface area contributed by atoms with Gasteiger partial charge in [0.25, 0.3) is 5.91 Å². The van der Waals surface area contributed by atoms with Gasteiger partial charge < -0.3 is 30.7 Å². The van der Waals surface area contributed by atoms with E-state index in [0.29, 0.717) is 55.6 Å². The lowest BCUT2D eigenvalue weighted by molar-refractivity contribution is -0.141. The summed E-state index contributed by atoms with van der Waals surface area (Å²) in [5.74, 6) is -0.683. The van der Waals surface area contributed by atoms with Crippen LogP contribution < -0.4 is 20.9 Å². The quantitative estimate of drug-likeness (QED) is 0.289. The lowest BCUT2D eigenvalue weighted by atomic mass is 9.85. The number of likely N-dealkylation sites (tertiary alicyclic amines) is 1. The van der Waals surface area contributed by atoms with Gasteiger partial charge in [-0.3, -0.25) is 19.2 Å². The topological polar surface area (TPSA) is 114 Å². The summed E-state index contributed by atoms with van der Waals surface area (Å²) < 4.78 is 0. The van der Waals surface area contributed by atoms with Crippen molar-refractivity contribution in [3.63, 3.8) is 0 Å². The number of carbonyl (C=O) groups is 4. The number of para-hydroxylation sites is 1. The largest absolute Gasteiger partial charge is 0.352 e. The van der Waals surface area contributed by atoms with Gasteiger partial charge in [-0.15, -0.1) is 0 Å². The van der Waals surface area contributed by atoms with Gasteiger partial charge in [0.1, 0.15) is 18.1 Å². The number of nitrogens with zero attached hydrogens (tertiary/aromatic N) is 3. The smallest absolute Gasteiger partial charge is 0.250 e. The minimum absolute atomic E-state index is 0.000492. The maximum absolute atomic E-state index is 14.4. The lowest BCUT2D eigenvalue weighted by Crippen LogP contribution is -2.60. The van der Waals surface area contributed by atoms with E-state index < -0.39 is 17.6 Å². The molecule has 2 saturated heterocycles. The van der Waals surface area contributed by atoms with Crippen molar-refractivity contribution in [3.05, 3.63) is 99.5 Å². The highest BCUT2D eigenvalue weighted by molar-refractivity contribution is 6.42. The Morgan fingerprint density at radius 2 is 1.60 bits per heavy atom. The Balaban J connectivity index is 1.07. The lowest BCUT2D eigenvalue weighted by Gasteiger charge is -2.44. The van der Waals surface area contributed by atoms with Crippen LogP contribution in [0.3, 0.4) is 0 Å². The molecule has 1 aliphatic carbocycles. The van der Waals surface area contributed by atoms with Crippen molar-refractivity contribution in [1.29, 1.82) is 0 Å². The molecule has 3 N–H and O–H groups in total. The summed E-state index contributed by atoms with van der Waals surface area (Å²) in [4.78, 5) is 61.1. The molecule has 10 nitrogen and oxygen atoms in total. The number of amides is 4. The third-order valence-electron chi connectivity index (χ3n) is 11.2. The molecule has 0 radical (unpaired) electrons. The number of nitrogens with one attached hydrogen (secondary N) is 3. The summed E-state index contributed by atoms with van der Waals surface area (Å²) >= 11 is 12.5. The summed E-state index contributed by atoms with van der Waals surface area (Å²) in [6.07, 6.45) is 6.89. The summed E-state index contributed by atoms with van der Waals surface area (Å²) in [5, 5.41) is 10.3. The number of fused-ring (bicyclic) bond motifs is 1. The number of rotatable bonds is 9. The Hall–Kier alpha value is -4.12. The van der Waals surface area contributed by atoms with Crippen molar-refractivity contribution < 1.29 is 19.2 Å². The van der Waals surface area contributed by atoms with Gasteiger partial charge in [-0.2, -0.15) is 0 Å². The highest BCUT2D eigenvalue weighted by Crippen LogP contribution is 2.39. The summed E-state index contributed by atoms with van der Waals surface area (Å²) in [7, 11) is 0. The maximum Gasteiger partial charge on any atom is 0.250 e. The summed E-state index contributed by atoms with van der Waals surface area (Å²) in [6, 6.07) is 21.9. The van der Waals surface area contributed by atoms with E-state index in [0.717, 1.165) is 48.1 Å². The van der Waals surface area contributed by atoms with Gasteiger partial charge in [0.05, 0.1) is 22.8 Å². The molecular weight excluding hydrogens is 699 g/mol. The minimum atomic E-state index is -0.898. The fraction of sp³-hybridized carbons (Fsp3) is 0.450. The first-order chi connectivity index (χ1) is 25.2. The molecule has 0 bridgehead atoms. The zero-order valence-corrected chi connectivity index (χ0v) is 30.8. The van der Waals surface area contributed by atoms with Crippen molar-refractivity contribution in [2.45, 2.75) is 88.0 Å². The molecule has 7 rings (SSSR count). The first-order valence-electron chi connectivity index (χ1n) is 18.4. The van der Waals surface area contributed by atoms with Crippen molar-refractivity contribution in [1.82, 2.24) is 25.8 Å². The molecule has 12 heteroatoms. The van der Waals surface area contributed by atoms with Gasteiger partial charge in [0.2, 0.25) is 17.7 Å². The SMILES string of the molecule is O=C(CN1CN(c2ccccc2)C2(CCN(C(=O)C(Cc3ccc(Cl)c(Cl)c3)NC(=O)C3Cc4ccccc4CN3)CC2)C1=O)NC1CCCCC1. The number of hydrogen-bond donors (Lipinski definition) is 3. The van der Waals surface area contributed by atoms with E-state index in [9.17, 15) is 19.2 Å². The van der Waals surface area contributed by atoms with Crippen LogP contribution in [0.15, 0.2) is 72.8 Å². The number of benzene rings is 3. The molecule has 4 amide bonds. The van der Waals surface area contributed by atoms with Crippen LogP contribution in [0, 0.1) is 0 Å². The predicted molar refractivity (Wildman–Crippen MR) is 202 cm³/mol. The second kappa shape index (κ2) is 15.9. The third kappa shape index (κ3) is 7.80. The second-order valence-corrected chi connectivity index (χ2v) is 15.4. The molecule has 2 unspecified atom stereocenters. The van der Waals surface area contributed by atoms with Crippen LogP contribution >= 0.6 is 23.2 Å². The molecule has 0 aromatic heterocycles. The van der Waals surface area contributed by atoms with Crippen LogP contribution in [0.4, 0.5) is 5.69 Å². The van der Waals surface area contributed by atoms with Gasteiger partial charge in [-0.25, -0.2) is 0 Å². The fourth-order valence-corrected chi connectivity index (χ4v) is 8.67. The Morgan fingerprint density at radius 3 is 2.33 bits per heavy atom. The van der Waals surface area contributed by atoms with Crippen LogP contribution in [0.5, 0.6) is 0 Å².